The lowest BCUT2D eigenvalue weighted by Crippen LogP contribution is -2.05. The van der Waals surface area contributed by atoms with E-state index in [-0.39, 0.29) is 5.70 Å². The van der Waals surface area contributed by atoms with E-state index in [0.29, 0.717) is 11.6 Å². The third-order valence-corrected chi connectivity index (χ3v) is 3.62. The first-order chi connectivity index (χ1) is 10.7. The fourth-order valence-corrected chi connectivity index (χ4v) is 2.49. The molecule has 0 saturated heterocycles. The van der Waals surface area contributed by atoms with Crippen molar-refractivity contribution in [3.8, 4) is 5.75 Å². The molecule has 1 aliphatic heterocycles. The molecule has 0 radical (unpaired) electrons. The third kappa shape index (κ3) is 2.94. The highest BCUT2D eigenvalue weighted by molar-refractivity contribution is 9.10. The number of cyclic esters (lactones) is 1. The highest BCUT2D eigenvalue weighted by Crippen LogP contribution is 2.25. The maximum Gasteiger partial charge on any atom is 0.363 e. The molecule has 0 aromatic heterocycles. The summed E-state index contributed by atoms with van der Waals surface area (Å²) in [7, 11) is 1.58. The minimum absolute atomic E-state index is 0.250. The molecule has 0 bridgehead atoms. The van der Waals surface area contributed by atoms with E-state index in [4.69, 9.17) is 9.47 Å². The number of halogens is 1. The van der Waals surface area contributed by atoms with E-state index in [9.17, 15) is 4.79 Å². The van der Waals surface area contributed by atoms with Crippen LogP contribution in [0, 0.1) is 0 Å². The number of hydrogen-bond donors (Lipinski definition) is 0. The summed E-state index contributed by atoms with van der Waals surface area (Å²) in [6.07, 6.45) is 1.66. The van der Waals surface area contributed by atoms with Gasteiger partial charge in [0.15, 0.2) is 5.70 Å². The molecule has 1 heterocycles. The molecule has 2 aromatic carbocycles. The Labute approximate surface area is 136 Å². The molecule has 0 atom stereocenters. The molecule has 0 unspecified atom stereocenters. The van der Waals surface area contributed by atoms with Gasteiger partial charge in [-0.25, -0.2) is 9.79 Å². The van der Waals surface area contributed by atoms with Crippen molar-refractivity contribution in [2.24, 2.45) is 4.99 Å². The van der Waals surface area contributed by atoms with Crippen LogP contribution in [0.1, 0.15) is 11.1 Å². The van der Waals surface area contributed by atoms with Gasteiger partial charge in [-0.2, -0.15) is 0 Å². The number of para-hydroxylation sites is 1. The SMILES string of the molecule is COc1ccccc1/C=C1\N=C(c2cccc(Br)c2)OC1=O. The van der Waals surface area contributed by atoms with Crippen LogP contribution in [0.2, 0.25) is 0 Å². The van der Waals surface area contributed by atoms with Gasteiger partial charge in [-0.15, -0.1) is 0 Å². The molecule has 1 aliphatic rings. The van der Waals surface area contributed by atoms with Crippen molar-refractivity contribution in [2.75, 3.05) is 7.11 Å². The van der Waals surface area contributed by atoms with Gasteiger partial charge in [0.2, 0.25) is 5.90 Å². The second-order valence-corrected chi connectivity index (χ2v) is 5.50. The largest absolute Gasteiger partial charge is 0.496 e. The van der Waals surface area contributed by atoms with Crippen LogP contribution in [0.25, 0.3) is 6.08 Å². The van der Waals surface area contributed by atoms with Crippen LogP contribution in [-0.4, -0.2) is 19.0 Å². The van der Waals surface area contributed by atoms with Gasteiger partial charge in [0.25, 0.3) is 0 Å². The number of nitrogens with zero attached hydrogens (tertiary/aromatic N) is 1. The Morgan fingerprint density at radius 2 is 2.00 bits per heavy atom. The molecular weight excluding hydrogens is 346 g/mol. The molecule has 0 aliphatic carbocycles. The lowest BCUT2D eigenvalue weighted by molar-refractivity contribution is -0.129. The summed E-state index contributed by atoms with van der Waals surface area (Å²) in [4.78, 5) is 16.3. The second-order valence-electron chi connectivity index (χ2n) is 4.59. The zero-order chi connectivity index (χ0) is 15.5. The number of carbonyl (C=O) groups excluding carboxylic acids is 1. The molecule has 5 heteroatoms. The number of ether oxygens (including phenoxy) is 2. The highest BCUT2D eigenvalue weighted by Gasteiger charge is 2.24. The Balaban J connectivity index is 1.98. The molecule has 0 amide bonds. The molecule has 0 saturated carbocycles. The van der Waals surface area contributed by atoms with Crippen LogP contribution < -0.4 is 4.74 Å². The molecule has 0 N–H and O–H groups in total. The fourth-order valence-electron chi connectivity index (χ4n) is 2.09. The Bertz CT molecular complexity index is 796. The molecule has 110 valence electrons. The summed E-state index contributed by atoms with van der Waals surface area (Å²) in [5, 5.41) is 0. The van der Waals surface area contributed by atoms with Gasteiger partial charge >= 0.3 is 5.97 Å². The quantitative estimate of drug-likeness (QED) is 0.619. The van der Waals surface area contributed by atoms with Crippen LogP contribution in [-0.2, 0) is 9.53 Å². The summed E-state index contributed by atoms with van der Waals surface area (Å²) in [6.45, 7) is 0. The van der Waals surface area contributed by atoms with Crippen molar-refractivity contribution < 1.29 is 14.3 Å². The van der Waals surface area contributed by atoms with E-state index in [0.717, 1.165) is 15.6 Å². The number of rotatable bonds is 3. The van der Waals surface area contributed by atoms with Gasteiger partial charge in [-0.05, 0) is 30.3 Å². The minimum Gasteiger partial charge on any atom is -0.496 e. The highest BCUT2D eigenvalue weighted by atomic mass is 79.9. The van der Waals surface area contributed by atoms with Gasteiger partial charge in [0, 0.05) is 15.6 Å². The first kappa shape index (κ1) is 14.5. The number of esters is 1. The normalized spacial score (nSPS) is 15.6. The number of methoxy groups -OCH3 is 1. The average molecular weight is 358 g/mol. The van der Waals surface area contributed by atoms with E-state index in [1.807, 2.05) is 48.5 Å². The molecule has 4 nitrogen and oxygen atoms in total. The summed E-state index contributed by atoms with van der Waals surface area (Å²) in [6, 6.07) is 14.8. The van der Waals surface area contributed by atoms with Crippen molar-refractivity contribution >= 4 is 33.9 Å². The topological polar surface area (TPSA) is 47.9 Å². The van der Waals surface area contributed by atoms with Gasteiger partial charge in [0.1, 0.15) is 5.75 Å². The summed E-state index contributed by atoms with van der Waals surface area (Å²) in [5.74, 6) is 0.502. The molecule has 3 rings (SSSR count). The smallest absolute Gasteiger partial charge is 0.363 e. The maximum absolute atomic E-state index is 12.0. The molecule has 2 aromatic rings. The molecule has 0 spiro atoms. The van der Waals surface area contributed by atoms with Crippen molar-refractivity contribution in [3.63, 3.8) is 0 Å². The van der Waals surface area contributed by atoms with Gasteiger partial charge in [-0.3, -0.25) is 0 Å². The van der Waals surface area contributed by atoms with E-state index in [2.05, 4.69) is 20.9 Å². The van der Waals surface area contributed by atoms with Crippen LogP contribution >= 0.6 is 15.9 Å². The van der Waals surface area contributed by atoms with Crippen molar-refractivity contribution in [3.05, 3.63) is 69.8 Å². The first-order valence-electron chi connectivity index (χ1n) is 6.59. The number of carbonyl (C=O) groups is 1. The van der Waals surface area contributed by atoms with E-state index in [1.54, 1.807) is 13.2 Å². The Kier molecular flexibility index (Phi) is 4.06. The van der Waals surface area contributed by atoms with Crippen LogP contribution in [0.4, 0.5) is 0 Å². The van der Waals surface area contributed by atoms with Crippen molar-refractivity contribution in [1.29, 1.82) is 0 Å². The summed E-state index contributed by atoms with van der Waals surface area (Å²) in [5.41, 5.74) is 1.77. The Hall–Kier alpha value is -2.40. The number of aliphatic imine (C=N–C) groups is 1. The zero-order valence-electron chi connectivity index (χ0n) is 11.7. The summed E-state index contributed by atoms with van der Waals surface area (Å²) < 4.78 is 11.4. The van der Waals surface area contributed by atoms with Crippen LogP contribution in [0.3, 0.4) is 0 Å². The second kappa shape index (κ2) is 6.15. The van der Waals surface area contributed by atoms with Gasteiger partial charge in [0.05, 0.1) is 7.11 Å². The predicted molar refractivity (Wildman–Crippen MR) is 87.7 cm³/mol. The molecule has 0 fully saturated rings. The van der Waals surface area contributed by atoms with E-state index in [1.165, 1.54) is 0 Å². The van der Waals surface area contributed by atoms with Gasteiger partial charge in [-0.1, -0.05) is 40.2 Å². The average Bonchev–Trinajstić information content (AvgIpc) is 2.89. The first-order valence-corrected chi connectivity index (χ1v) is 7.38. The predicted octanol–water partition coefficient (Wildman–Crippen LogP) is 3.80. The van der Waals surface area contributed by atoms with E-state index < -0.39 is 5.97 Å². The monoisotopic (exact) mass is 357 g/mol. The van der Waals surface area contributed by atoms with Crippen LogP contribution in [0.5, 0.6) is 5.75 Å². The minimum atomic E-state index is -0.471. The Morgan fingerprint density at radius 3 is 2.77 bits per heavy atom. The number of hydrogen-bond acceptors (Lipinski definition) is 4. The molecular formula is C17H12BrNO3. The van der Waals surface area contributed by atoms with Crippen molar-refractivity contribution in [2.45, 2.75) is 0 Å². The van der Waals surface area contributed by atoms with E-state index >= 15 is 0 Å². The standard InChI is InChI=1S/C17H12BrNO3/c1-21-15-8-3-2-5-11(15)10-14-17(20)22-16(19-14)12-6-4-7-13(18)9-12/h2-10H,1H3/b14-10-. The lowest BCUT2D eigenvalue weighted by Gasteiger charge is -2.03. The summed E-state index contributed by atoms with van der Waals surface area (Å²) >= 11 is 3.39. The zero-order valence-corrected chi connectivity index (χ0v) is 13.3. The fraction of sp³-hybridized carbons (Fsp3) is 0.0588. The number of benzene rings is 2. The van der Waals surface area contributed by atoms with Crippen molar-refractivity contribution in [1.82, 2.24) is 0 Å². The van der Waals surface area contributed by atoms with Crippen LogP contribution in [0.15, 0.2) is 63.7 Å². The third-order valence-electron chi connectivity index (χ3n) is 3.12. The lowest BCUT2D eigenvalue weighted by atomic mass is 10.1. The maximum atomic E-state index is 12.0. The molecule has 22 heavy (non-hydrogen) atoms. The Morgan fingerprint density at radius 1 is 1.18 bits per heavy atom. The van der Waals surface area contributed by atoms with Gasteiger partial charge < -0.3 is 9.47 Å².